The molecule has 234 valence electrons. The molecule has 0 atom stereocenters. The molecule has 0 radical (unpaired) electrons. The Bertz CT molecular complexity index is 2030. The van der Waals surface area contributed by atoms with Gasteiger partial charge in [0.15, 0.2) is 0 Å². The third kappa shape index (κ3) is 4.15. The number of hydrogen-bond donors (Lipinski definition) is 0. The van der Waals surface area contributed by atoms with Crippen LogP contribution in [0.5, 0.6) is 23.0 Å². The minimum Gasteiger partial charge on any atom is -0.458 e. The van der Waals surface area contributed by atoms with Gasteiger partial charge in [-0.2, -0.15) is 0 Å². The third-order valence-electron chi connectivity index (χ3n) is 11.8. The third-order valence-corrected chi connectivity index (χ3v) is 19.1. The van der Waals surface area contributed by atoms with Gasteiger partial charge in [-0.15, -0.1) is 0 Å². The van der Waals surface area contributed by atoms with Gasteiger partial charge in [-0.25, -0.2) is 0 Å². The molecule has 5 heteroatoms. The van der Waals surface area contributed by atoms with E-state index in [-0.39, 0.29) is 17.5 Å². The van der Waals surface area contributed by atoms with E-state index in [9.17, 15) is 0 Å². The predicted molar refractivity (Wildman–Crippen MR) is 205 cm³/mol. The molecule has 4 heterocycles. The van der Waals surface area contributed by atoms with Gasteiger partial charge < -0.3 is 9.47 Å². The average molecular weight is 647 g/mol. The topological polar surface area (TPSA) is 18.5 Å². The van der Waals surface area contributed by atoms with Crippen LogP contribution in [-0.2, 0) is 10.8 Å². The summed E-state index contributed by atoms with van der Waals surface area (Å²) in [6.07, 6.45) is 0. The van der Waals surface area contributed by atoms with Gasteiger partial charge >= 0.3 is 0 Å². The molecule has 5 aromatic carbocycles. The number of ether oxygens (including phenoxy) is 2. The summed E-state index contributed by atoms with van der Waals surface area (Å²) in [7, 11) is -2.90. The minimum absolute atomic E-state index is 0.0306. The number of hydrogen-bond acceptors (Lipinski definition) is 2. The van der Waals surface area contributed by atoms with Crippen molar-refractivity contribution in [1.29, 1.82) is 0 Å². The van der Waals surface area contributed by atoms with Crippen molar-refractivity contribution in [3.63, 3.8) is 0 Å². The SMILES string of the molecule is CC1(C)C[Si](C)(C)c2ccc(-c3cccc4c3Oc3cccc5c3B4c3cccc(-c4ccc6c(c4)C(C)(C)C[Si]6(C)C)c3O5)cc21. The highest BCUT2D eigenvalue weighted by molar-refractivity contribution is 6.98. The molecule has 0 amide bonds. The molecule has 4 aliphatic heterocycles. The van der Waals surface area contributed by atoms with Crippen LogP contribution in [0.15, 0.2) is 91.0 Å². The van der Waals surface area contributed by atoms with Crippen LogP contribution >= 0.6 is 0 Å². The fourth-order valence-electron chi connectivity index (χ4n) is 10.2. The number of fused-ring (bicyclic) bond motifs is 6. The van der Waals surface area contributed by atoms with E-state index >= 15 is 0 Å². The molecule has 47 heavy (non-hydrogen) atoms. The van der Waals surface area contributed by atoms with Crippen molar-refractivity contribution in [3.8, 4) is 45.3 Å². The van der Waals surface area contributed by atoms with E-state index < -0.39 is 16.1 Å². The Hall–Kier alpha value is -3.80. The van der Waals surface area contributed by atoms with Gasteiger partial charge in [0.2, 0.25) is 0 Å². The van der Waals surface area contributed by atoms with Gasteiger partial charge in [0.25, 0.3) is 6.71 Å². The summed E-state index contributed by atoms with van der Waals surface area (Å²) in [5, 5.41) is 3.22. The summed E-state index contributed by atoms with van der Waals surface area (Å²) in [5.41, 5.74) is 11.8. The molecule has 0 N–H and O–H groups in total. The van der Waals surface area contributed by atoms with Crippen LogP contribution < -0.4 is 36.2 Å². The van der Waals surface area contributed by atoms with Gasteiger partial charge in [-0.05, 0) is 68.2 Å². The Morgan fingerprint density at radius 3 is 1.43 bits per heavy atom. The number of benzene rings is 5. The standard InChI is InChI=1S/C42H43BO2Si2/c1-41(2)24-46(5,6)36-20-18-26(22-30(36)41)28-12-9-14-32-39(28)44-34-16-11-17-35-38(34)43(32)33-15-10-13-29(40(33)45-35)27-19-21-37-31(23-27)42(3,4)25-47(37,7)8/h9-23H,24-25H2,1-8H3. The second kappa shape index (κ2) is 9.42. The van der Waals surface area contributed by atoms with Crippen LogP contribution in [0, 0.1) is 0 Å². The van der Waals surface area contributed by atoms with Crippen molar-refractivity contribution in [2.45, 2.75) is 76.8 Å². The zero-order valence-electron chi connectivity index (χ0n) is 29.0. The summed E-state index contributed by atoms with van der Waals surface area (Å²) < 4.78 is 13.8. The van der Waals surface area contributed by atoms with Crippen molar-refractivity contribution in [2.24, 2.45) is 0 Å². The average Bonchev–Trinajstić information content (AvgIpc) is 3.34. The number of para-hydroxylation sites is 2. The van der Waals surface area contributed by atoms with E-state index in [0.29, 0.717) is 0 Å². The second-order valence-corrected chi connectivity index (χ2v) is 26.5. The molecule has 9 rings (SSSR count). The quantitative estimate of drug-likeness (QED) is 0.177. The molecular formula is C42H43BO2Si2. The monoisotopic (exact) mass is 646 g/mol. The van der Waals surface area contributed by atoms with Crippen molar-refractivity contribution >= 4 is 49.6 Å². The Morgan fingerprint density at radius 1 is 0.553 bits per heavy atom. The van der Waals surface area contributed by atoms with Crippen LogP contribution in [0.3, 0.4) is 0 Å². The first-order valence-electron chi connectivity index (χ1n) is 17.3. The smallest absolute Gasteiger partial charge is 0.260 e. The fourth-order valence-corrected chi connectivity index (χ4v) is 18.8. The molecule has 0 spiro atoms. The highest BCUT2D eigenvalue weighted by Gasteiger charge is 2.46. The lowest BCUT2D eigenvalue weighted by molar-refractivity contribution is 0.466. The zero-order chi connectivity index (χ0) is 32.7. The first-order valence-corrected chi connectivity index (χ1v) is 23.7. The van der Waals surface area contributed by atoms with Crippen LogP contribution in [-0.4, -0.2) is 22.9 Å². The fraction of sp³-hybridized carbons (Fsp3) is 0.286. The molecule has 0 saturated carbocycles. The minimum atomic E-state index is -1.45. The molecule has 5 aromatic rings. The first kappa shape index (κ1) is 29.3. The highest BCUT2D eigenvalue weighted by atomic mass is 28.3. The molecule has 2 nitrogen and oxygen atoms in total. The molecule has 0 bridgehead atoms. The van der Waals surface area contributed by atoms with Crippen LogP contribution in [0.1, 0.15) is 38.8 Å². The van der Waals surface area contributed by atoms with Crippen molar-refractivity contribution < 1.29 is 9.47 Å². The van der Waals surface area contributed by atoms with Gasteiger partial charge in [-0.3, -0.25) is 0 Å². The van der Waals surface area contributed by atoms with Crippen LogP contribution in [0.25, 0.3) is 22.3 Å². The molecular weight excluding hydrogens is 603 g/mol. The van der Waals surface area contributed by atoms with Crippen molar-refractivity contribution in [3.05, 3.63) is 102 Å². The maximum absolute atomic E-state index is 6.88. The van der Waals surface area contributed by atoms with E-state index in [1.807, 2.05) is 0 Å². The lowest BCUT2D eigenvalue weighted by atomic mass is 9.34. The lowest BCUT2D eigenvalue weighted by Crippen LogP contribution is -2.57. The van der Waals surface area contributed by atoms with Crippen molar-refractivity contribution in [2.75, 3.05) is 0 Å². The zero-order valence-corrected chi connectivity index (χ0v) is 31.0. The van der Waals surface area contributed by atoms with E-state index in [1.165, 1.54) is 56.4 Å². The Labute approximate surface area is 282 Å². The van der Waals surface area contributed by atoms with Crippen molar-refractivity contribution in [1.82, 2.24) is 0 Å². The molecule has 0 aromatic heterocycles. The Morgan fingerprint density at radius 2 is 0.979 bits per heavy atom. The van der Waals surface area contributed by atoms with Gasteiger partial charge in [0.05, 0.1) is 16.1 Å². The summed E-state index contributed by atoms with van der Waals surface area (Å²) in [6, 6.07) is 36.8. The Kier molecular flexibility index (Phi) is 5.88. The highest BCUT2D eigenvalue weighted by Crippen LogP contribution is 2.46. The molecule has 0 fully saturated rings. The molecule has 4 aliphatic rings. The van der Waals surface area contributed by atoms with Gasteiger partial charge in [-0.1, -0.05) is 143 Å². The first-order chi connectivity index (χ1) is 22.3. The second-order valence-electron chi connectivity index (χ2n) is 17.2. The summed E-state index contributed by atoms with van der Waals surface area (Å²) in [5.74, 6) is 3.73. The summed E-state index contributed by atoms with van der Waals surface area (Å²) >= 11 is 0. The van der Waals surface area contributed by atoms with E-state index in [4.69, 9.17) is 9.47 Å². The maximum atomic E-state index is 6.88. The van der Waals surface area contributed by atoms with E-state index in [1.54, 1.807) is 10.4 Å². The lowest BCUT2D eigenvalue weighted by Gasteiger charge is -2.34. The van der Waals surface area contributed by atoms with E-state index in [2.05, 4.69) is 145 Å². The molecule has 0 saturated heterocycles. The van der Waals surface area contributed by atoms with Gasteiger partial charge in [0, 0.05) is 16.6 Å². The van der Waals surface area contributed by atoms with Crippen LogP contribution in [0.4, 0.5) is 0 Å². The van der Waals surface area contributed by atoms with E-state index in [0.717, 1.165) is 28.5 Å². The molecule has 0 aliphatic carbocycles. The largest absolute Gasteiger partial charge is 0.458 e. The summed E-state index contributed by atoms with van der Waals surface area (Å²) in [4.78, 5) is 0. The number of rotatable bonds is 2. The maximum Gasteiger partial charge on any atom is 0.260 e. The Balaban J connectivity index is 1.21. The summed E-state index contributed by atoms with van der Waals surface area (Å²) in [6.45, 7) is 19.8. The molecule has 0 unspecified atom stereocenters. The predicted octanol–water partition coefficient (Wildman–Crippen LogP) is 8.16. The van der Waals surface area contributed by atoms with Crippen LogP contribution in [0.2, 0.25) is 38.3 Å². The normalized spacial score (nSPS) is 19.4. The van der Waals surface area contributed by atoms with Gasteiger partial charge in [0.1, 0.15) is 23.0 Å².